The van der Waals surface area contributed by atoms with Gasteiger partial charge in [-0.2, -0.15) is 5.26 Å². The van der Waals surface area contributed by atoms with E-state index in [9.17, 15) is 12.8 Å². The molecule has 212 valence electrons. The van der Waals surface area contributed by atoms with Crippen molar-refractivity contribution < 1.29 is 17.2 Å². The van der Waals surface area contributed by atoms with E-state index in [4.69, 9.17) is 10.2 Å². The third-order valence-corrected chi connectivity index (χ3v) is 8.22. The second kappa shape index (κ2) is 11.8. The maximum Gasteiger partial charge on any atom is 0.237 e. The van der Waals surface area contributed by atoms with Crippen molar-refractivity contribution in [3.63, 3.8) is 0 Å². The molecule has 0 spiro atoms. The minimum Gasteiger partial charge on any atom is -0.350 e. The Hall–Kier alpha value is -4.14. The predicted molar refractivity (Wildman–Crippen MR) is 156 cm³/mol. The summed E-state index contributed by atoms with van der Waals surface area (Å²) in [7, 11) is -3.89. The third-order valence-electron chi connectivity index (χ3n) is 6.97. The van der Waals surface area contributed by atoms with Crippen molar-refractivity contribution in [1.82, 2.24) is 15.3 Å². The summed E-state index contributed by atoms with van der Waals surface area (Å²) in [6.45, 7) is 5.06. The van der Waals surface area contributed by atoms with E-state index in [1.165, 1.54) is 24.3 Å². The van der Waals surface area contributed by atoms with Gasteiger partial charge in [-0.15, -0.1) is 0 Å². The predicted octanol–water partition coefficient (Wildman–Crippen LogP) is 5.48. The quantitative estimate of drug-likeness (QED) is 0.254. The van der Waals surface area contributed by atoms with Gasteiger partial charge in [-0.3, -0.25) is 4.72 Å². The number of nitrogens with zero attached hydrogens (tertiary/aromatic N) is 3. The number of nitriles is 1. The Kier molecular flexibility index (Phi) is 8.15. The van der Waals surface area contributed by atoms with Gasteiger partial charge in [0.15, 0.2) is 0 Å². The number of halogens is 2. The molecule has 1 aromatic heterocycles. The maximum absolute atomic E-state index is 15.2. The zero-order valence-corrected chi connectivity index (χ0v) is 23.5. The summed E-state index contributed by atoms with van der Waals surface area (Å²) in [5, 5.41) is 16.0. The highest BCUT2D eigenvalue weighted by Crippen LogP contribution is 2.33. The fourth-order valence-corrected chi connectivity index (χ4v) is 6.11. The molecule has 1 fully saturated rings. The van der Waals surface area contributed by atoms with Crippen molar-refractivity contribution in [2.75, 3.05) is 23.1 Å². The molecule has 0 saturated carbocycles. The van der Waals surface area contributed by atoms with Gasteiger partial charge >= 0.3 is 0 Å². The average molecular weight is 577 g/mol. The van der Waals surface area contributed by atoms with Crippen molar-refractivity contribution in [2.24, 2.45) is 0 Å². The molecule has 0 aliphatic carbocycles. The van der Waals surface area contributed by atoms with Crippen LogP contribution in [-0.2, 0) is 15.8 Å². The summed E-state index contributed by atoms with van der Waals surface area (Å²) < 4.78 is 56.6. The van der Waals surface area contributed by atoms with Crippen LogP contribution in [0.15, 0.2) is 60.8 Å². The van der Waals surface area contributed by atoms with E-state index in [1.54, 1.807) is 24.4 Å². The van der Waals surface area contributed by atoms with E-state index in [0.29, 0.717) is 42.1 Å². The Morgan fingerprint density at radius 1 is 1.10 bits per heavy atom. The topological polar surface area (TPSA) is 120 Å². The zero-order valence-electron chi connectivity index (χ0n) is 22.7. The van der Waals surface area contributed by atoms with Gasteiger partial charge in [-0.05, 0) is 64.6 Å². The molecule has 0 unspecified atom stereocenters. The number of anilines is 2. The third kappa shape index (κ3) is 6.78. The van der Waals surface area contributed by atoms with Crippen molar-refractivity contribution in [2.45, 2.75) is 44.2 Å². The Morgan fingerprint density at radius 2 is 1.88 bits per heavy atom. The van der Waals surface area contributed by atoms with Crippen LogP contribution >= 0.6 is 0 Å². The number of nitrogens with one attached hydrogen (secondary N) is 3. The fourth-order valence-electron chi connectivity index (χ4n) is 4.91. The smallest absolute Gasteiger partial charge is 0.237 e. The normalized spacial score (nSPS) is 17.4. The first-order chi connectivity index (χ1) is 19.6. The van der Waals surface area contributed by atoms with Crippen molar-refractivity contribution >= 4 is 32.6 Å². The van der Waals surface area contributed by atoms with E-state index in [0.717, 1.165) is 22.0 Å². The van der Waals surface area contributed by atoms with Gasteiger partial charge in [-0.1, -0.05) is 32.0 Å². The van der Waals surface area contributed by atoms with E-state index in [-0.39, 0.29) is 23.4 Å². The second-order valence-corrected chi connectivity index (χ2v) is 12.3. The first kappa shape index (κ1) is 28.4. The highest BCUT2D eigenvalue weighted by molar-refractivity contribution is 7.91. The molecule has 0 bridgehead atoms. The average Bonchev–Trinajstić information content (AvgIpc) is 2.93. The zero-order chi connectivity index (χ0) is 29.1. The Labute approximate surface area is 237 Å². The van der Waals surface area contributed by atoms with Crippen LogP contribution in [0.2, 0.25) is 0 Å². The number of alkyl halides is 1. The summed E-state index contributed by atoms with van der Waals surface area (Å²) in [6, 6.07) is 16.2. The molecule has 11 heteroatoms. The van der Waals surface area contributed by atoms with Crippen molar-refractivity contribution in [3.8, 4) is 17.2 Å². The molecule has 1 saturated heterocycles. The number of aromatic nitrogens is 2. The lowest BCUT2D eigenvalue weighted by molar-refractivity contribution is 0.254. The maximum atomic E-state index is 15.2. The molecule has 0 radical (unpaired) electrons. The molecule has 8 nitrogen and oxygen atoms in total. The molecule has 1 aliphatic heterocycles. The molecule has 41 heavy (non-hydrogen) atoms. The number of benzene rings is 3. The Morgan fingerprint density at radius 3 is 2.56 bits per heavy atom. The SMILES string of the molecule is CC(C)c1cc(-c2ccc(NS(=O)(=O)Cc3ccc(C#N)cc3)c(F)c2)cc2cnc(N[C@@H]3CNC[C@@H](F)C3)nc12. The highest BCUT2D eigenvalue weighted by atomic mass is 32.2. The van der Waals surface area contributed by atoms with Crippen LogP contribution in [0.5, 0.6) is 0 Å². The van der Waals surface area contributed by atoms with Gasteiger partial charge in [0, 0.05) is 37.1 Å². The Balaban J connectivity index is 1.38. The van der Waals surface area contributed by atoms with Crippen LogP contribution in [0.4, 0.5) is 20.4 Å². The summed E-state index contributed by atoms with van der Waals surface area (Å²) in [5.41, 5.74) is 3.77. The van der Waals surface area contributed by atoms with Gasteiger partial charge in [0.1, 0.15) is 12.0 Å². The molecule has 1 aliphatic rings. The summed E-state index contributed by atoms with van der Waals surface area (Å²) >= 11 is 0. The van der Waals surface area contributed by atoms with Gasteiger partial charge in [0.25, 0.3) is 0 Å². The van der Waals surface area contributed by atoms with Crippen molar-refractivity contribution in [3.05, 3.63) is 83.3 Å². The molecule has 0 amide bonds. The first-order valence-corrected chi connectivity index (χ1v) is 15.0. The van der Waals surface area contributed by atoms with Crippen LogP contribution in [0.1, 0.15) is 42.9 Å². The van der Waals surface area contributed by atoms with E-state index < -0.39 is 22.0 Å². The summed E-state index contributed by atoms with van der Waals surface area (Å²) in [4.78, 5) is 9.17. The lowest BCUT2D eigenvalue weighted by atomic mass is 9.94. The van der Waals surface area contributed by atoms with Crippen LogP contribution in [-0.4, -0.2) is 43.7 Å². The number of sulfonamides is 1. The molecule has 2 heterocycles. The molecule has 3 N–H and O–H groups in total. The minimum atomic E-state index is -3.89. The molecular formula is C30H30F2N6O2S. The molecule has 2 atom stereocenters. The largest absolute Gasteiger partial charge is 0.350 e. The Bertz CT molecular complexity index is 1720. The highest BCUT2D eigenvalue weighted by Gasteiger charge is 2.22. The standard InChI is InChI=1S/C30H30F2N6O2S/c1-18(2)26-10-22(9-23-14-35-30(37-29(23)26)36-25-12-24(31)15-34-16-25)21-7-8-28(27(32)11-21)38-41(39,40)17-20-5-3-19(13-33)4-6-20/h3-11,14,18,24-25,34,38H,12,15-17H2,1-2H3,(H,35,36,37)/t24-,25-/m0/s1. The van der Waals surface area contributed by atoms with E-state index >= 15 is 4.39 Å². The van der Waals surface area contributed by atoms with Gasteiger partial charge in [0.2, 0.25) is 16.0 Å². The number of fused-ring (bicyclic) bond motifs is 1. The number of hydrogen-bond donors (Lipinski definition) is 3. The number of piperidine rings is 1. The number of rotatable bonds is 8. The van der Waals surface area contributed by atoms with Gasteiger partial charge in [-0.25, -0.2) is 27.2 Å². The van der Waals surface area contributed by atoms with E-state index in [1.807, 2.05) is 32.0 Å². The molecule has 5 rings (SSSR count). The molecule has 3 aromatic carbocycles. The fraction of sp³-hybridized carbons (Fsp3) is 0.300. The summed E-state index contributed by atoms with van der Waals surface area (Å²) in [5.74, 6) is -0.535. The monoisotopic (exact) mass is 576 g/mol. The van der Waals surface area contributed by atoms with Gasteiger partial charge < -0.3 is 10.6 Å². The summed E-state index contributed by atoms with van der Waals surface area (Å²) in [6.07, 6.45) is 1.17. The molecule has 4 aromatic rings. The van der Waals surface area contributed by atoms with Crippen LogP contribution in [0.25, 0.3) is 22.0 Å². The van der Waals surface area contributed by atoms with Crippen LogP contribution < -0.4 is 15.4 Å². The molecular weight excluding hydrogens is 546 g/mol. The van der Waals surface area contributed by atoms with Crippen molar-refractivity contribution in [1.29, 1.82) is 5.26 Å². The second-order valence-electron chi connectivity index (χ2n) is 10.5. The number of hydrogen-bond acceptors (Lipinski definition) is 7. The minimum absolute atomic E-state index is 0.102. The van der Waals surface area contributed by atoms with Crippen LogP contribution in [0.3, 0.4) is 0 Å². The lowest BCUT2D eigenvalue weighted by Crippen LogP contribution is -2.44. The van der Waals surface area contributed by atoms with Gasteiger partial charge in [0.05, 0.1) is 28.6 Å². The van der Waals surface area contributed by atoms with E-state index in [2.05, 4.69) is 20.3 Å². The first-order valence-electron chi connectivity index (χ1n) is 13.3. The lowest BCUT2D eigenvalue weighted by Gasteiger charge is -2.26. The van der Waals surface area contributed by atoms with Crippen LogP contribution in [0, 0.1) is 17.1 Å².